The van der Waals surface area contributed by atoms with Crippen LogP contribution in [0.15, 0.2) is 22.7 Å². The third-order valence-corrected chi connectivity index (χ3v) is 3.02. The molecule has 0 fully saturated rings. The second kappa shape index (κ2) is 6.02. The number of benzene rings is 1. The Morgan fingerprint density at radius 2 is 2.18 bits per heavy atom. The summed E-state index contributed by atoms with van der Waals surface area (Å²) in [4.78, 5) is 13.8. The van der Waals surface area contributed by atoms with Gasteiger partial charge in [-0.3, -0.25) is 9.69 Å². The van der Waals surface area contributed by atoms with Gasteiger partial charge in [-0.25, -0.2) is 0 Å². The van der Waals surface area contributed by atoms with Gasteiger partial charge in [-0.1, -0.05) is 22.9 Å². The molecule has 0 aliphatic rings. The number of anilines is 1. The molecule has 17 heavy (non-hydrogen) atoms. The quantitative estimate of drug-likeness (QED) is 0.840. The summed E-state index contributed by atoms with van der Waals surface area (Å²) < 4.78 is 0.809. The van der Waals surface area contributed by atoms with Gasteiger partial charge in [0.25, 0.3) is 0 Å². The topological polar surface area (TPSA) is 52.6 Å². The molecule has 0 spiro atoms. The van der Waals surface area contributed by atoms with E-state index in [-0.39, 0.29) is 17.7 Å². The standard InChI is InChI=1S/C12H17BrN2O2/c1-4-10(15(2)3)12(17)14-9-7-8(13)5-6-11(9)16/h5-7,10,16H,4H2,1-3H3,(H,14,17). The second-order valence-corrected chi connectivity index (χ2v) is 4.95. The van der Waals surface area contributed by atoms with Crippen LogP contribution in [0.25, 0.3) is 0 Å². The normalized spacial score (nSPS) is 12.5. The maximum atomic E-state index is 12.0. The molecule has 1 rings (SSSR count). The van der Waals surface area contributed by atoms with Gasteiger partial charge in [0.15, 0.2) is 0 Å². The van der Waals surface area contributed by atoms with Gasteiger partial charge in [0, 0.05) is 4.47 Å². The van der Waals surface area contributed by atoms with Crippen molar-refractivity contribution in [1.29, 1.82) is 0 Å². The number of phenolic OH excluding ortho intramolecular Hbond substituents is 1. The summed E-state index contributed by atoms with van der Waals surface area (Å²) in [6.45, 7) is 1.95. The minimum Gasteiger partial charge on any atom is -0.506 e. The Hall–Kier alpha value is -1.07. The molecule has 0 saturated heterocycles. The molecule has 0 saturated carbocycles. The van der Waals surface area contributed by atoms with Crippen LogP contribution in [-0.2, 0) is 4.79 Å². The third kappa shape index (κ3) is 3.71. The van der Waals surface area contributed by atoms with Crippen molar-refractivity contribution in [2.75, 3.05) is 19.4 Å². The molecule has 0 aliphatic heterocycles. The molecule has 4 nitrogen and oxygen atoms in total. The number of rotatable bonds is 4. The molecule has 0 aliphatic carbocycles. The van der Waals surface area contributed by atoms with Crippen LogP contribution < -0.4 is 5.32 Å². The Morgan fingerprint density at radius 1 is 1.53 bits per heavy atom. The lowest BCUT2D eigenvalue weighted by molar-refractivity contribution is -0.120. The maximum absolute atomic E-state index is 12.0. The first-order valence-corrected chi connectivity index (χ1v) is 6.20. The number of hydrogen-bond donors (Lipinski definition) is 2. The summed E-state index contributed by atoms with van der Waals surface area (Å²) in [6.07, 6.45) is 0.716. The molecular weight excluding hydrogens is 284 g/mol. The molecule has 0 aromatic heterocycles. The molecule has 1 amide bonds. The summed E-state index contributed by atoms with van der Waals surface area (Å²) in [5.74, 6) is -0.0546. The van der Waals surface area contributed by atoms with Crippen molar-refractivity contribution >= 4 is 27.5 Å². The fraction of sp³-hybridized carbons (Fsp3) is 0.417. The predicted octanol–water partition coefficient (Wildman–Crippen LogP) is 2.43. The van der Waals surface area contributed by atoms with Crippen LogP contribution in [0.1, 0.15) is 13.3 Å². The predicted molar refractivity (Wildman–Crippen MR) is 72.2 cm³/mol. The number of hydrogen-bond acceptors (Lipinski definition) is 3. The molecule has 1 atom stereocenters. The van der Waals surface area contributed by atoms with Crippen LogP contribution in [0.5, 0.6) is 5.75 Å². The molecule has 0 bridgehead atoms. The number of carbonyl (C=O) groups excluding carboxylic acids is 1. The fourth-order valence-electron chi connectivity index (χ4n) is 1.61. The van der Waals surface area contributed by atoms with E-state index >= 15 is 0 Å². The molecule has 1 aromatic carbocycles. The van der Waals surface area contributed by atoms with Gasteiger partial charge in [-0.15, -0.1) is 0 Å². The van der Waals surface area contributed by atoms with E-state index in [4.69, 9.17) is 0 Å². The van der Waals surface area contributed by atoms with Crippen LogP contribution in [0.3, 0.4) is 0 Å². The van der Waals surface area contributed by atoms with Crippen LogP contribution in [0, 0.1) is 0 Å². The zero-order valence-electron chi connectivity index (χ0n) is 10.2. The Balaban J connectivity index is 2.83. The van der Waals surface area contributed by atoms with Gasteiger partial charge in [-0.05, 0) is 38.7 Å². The molecular formula is C12H17BrN2O2. The van der Waals surface area contributed by atoms with Crippen molar-refractivity contribution in [2.45, 2.75) is 19.4 Å². The SMILES string of the molecule is CCC(C(=O)Nc1cc(Br)ccc1O)N(C)C. The highest BCUT2D eigenvalue weighted by Gasteiger charge is 2.19. The van der Waals surface area contributed by atoms with Gasteiger partial charge in [-0.2, -0.15) is 0 Å². The van der Waals surface area contributed by atoms with E-state index in [0.29, 0.717) is 12.1 Å². The van der Waals surface area contributed by atoms with Gasteiger partial charge >= 0.3 is 0 Å². The average Bonchev–Trinajstić information content (AvgIpc) is 2.24. The lowest BCUT2D eigenvalue weighted by atomic mass is 10.2. The zero-order valence-corrected chi connectivity index (χ0v) is 11.8. The fourth-order valence-corrected chi connectivity index (χ4v) is 1.97. The van der Waals surface area contributed by atoms with Crippen LogP contribution in [0.2, 0.25) is 0 Å². The zero-order chi connectivity index (χ0) is 13.0. The molecule has 5 heteroatoms. The monoisotopic (exact) mass is 300 g/mol. The summed E-state index contributed by atoms with van der Waals surface area (Å²) >= 11 is 3.30. The number of carbonyl (C=O) groups is 1. The average molecular weight is 301 g/mol. The summed E-state index contributed by atoms with van der Waals surface area (Å²) in [5, 5.41) is 12.4. The summed E-state index contributed by atoms with van der Waals surface area (Å²) in [5.41, 5.74) is 0.421. The summed E-state index contributed by atoms with van der Waals surface area (Å²) in [7, 11) is 3.71. The minimum absolute atomic E-state index is 0.0650. The third-order valence-electron chi connectivity index (χ3n) is 2.53. The Labute approximate surface area is 110 Å². The van der Waals surface area contributed by atoms with Crippen molar-refractivity contribution in [3.8, 4) is 5.75 Å². The van der Waals surface area contributed by atoms with Crippen molar-refractivity contribution in [3.05, 3.63) is 22.7 Å². The lowest BCUT2D eigenvalue weighted by Crippen LogP contribution is -2.39. The molecule has 0 heterocycles. The Bertz CT molecular complexity index is 407. The highest BCUT2D eigenvalue weighted by Crippen LogP contribution is 2.27. The number of amides is 1. The molecule has 0 radical (unpaired) electrons. The van der Waals surface area contributed by atoms with Crippen molar-refractivity contribution in [3.63, 3.8) is 0 Å². The van der Waals surface area contributed by atoms with E-state index in [9.17, 15) is 9.90 Å². The van der Waals surface area contributed by atoms with Crippen LogP contribution in [0.4, 0.5) is 5.69 Å². The van der Waals surface area contributed by atoms with Gasteiger partial charge in [0.1, 0.15) is 5.75 Å². The van der Waals surface area contributed by atoms with E-state index in [1.807, 2.05) is 25.9 Å². The Kier molecular flexibility index (Phi) is 4.96. The number of halogens is 1. The first-order chi connectivity index (χ1) is 7.95. The molecule has 94 valence electrons. The number of aromatic hydroxyl groups is 1. The smallest absolute Gasteiger partial charge is 0.241 e. The number of phenols is 1. The lowest BCUT2D eigenvalue weighted by Gasteiger charge is -2.22. The van der Waals surface area contributed by atoms with E-state index < -0.39 is 0 Å². The number of nitrogens with one attached hydrogen (secondary N) is 1. The van der Waals surface area contributed by atoms with Gasteiger partial charge in [0.2, 0.25) is 5.91 Å². The van der Waals surface area contributed by atoms with E-state index in [2.05, 4.69) is 21.2 Å². The molecule has 1 unspecified atom stereocenters. The summed E-state index contributed by atoms with van der Waals surface area (Å²) in [6, 6.07) is 4.73. The van der Waals surface area contributed by atoms with Crippen LogP contribution in [-0.4, -0.2) is 36.1 Å². The van der Waals surface area contributed by atoms with E-state index in [0.717, 1.165) is 4.47 Å². The van der Waals surface area contributed by atoms with Crippen molar-refractivity contribution in [2.24, 2.45) is 0 Å². The first-order valence-electron chi connectivity index (χ1n) is 5.41. The van der Waals surface area contributed by atoms with E-state index in [1.54, 1.807) is 12.1 Å². The van der Waals surface area contributed by atoms with Gasteiger partial charge < -0.3 is 10.4 Å². The molecule has 1 aromatic rings. The largest absolute Gasteiger partial charge is 0.506 e. The highest BCUT2D eigenvalue weighted by atomic mass is 79.9. The second-order valence-electron chi connectivity index (χ2n) is 4.04. The first kappa shape index (κ1) is 14.0. The maximum Gasteiger partial charge on any atom is 0.241 e. The minimum atomic E-state index is -0.201. The van der Waals surface area contributed by atoms with Crippen molar-refractivity contribution < 1.29 is 9.90 Å². The number of likely N-dealkylation sites (N-methyl/N-ethyl adjacent to an activating group) is 1. The van der Waals surface area contributed by atoms with Crippen LogP contribution >= 0.6 is 15.9 Å². The van der Waals surface area contributed by atoms with Gasteiger partial charge in [0.05, 0.1) is 11.7 Å². The van der Waals surface area contributed by atoms with Crippen molar-refractivity contribution in [1.82, 2.24) is 4.90 Å². The highest BCUT2D eigenvalue weighted by molar-refractivity contribution is 9.10. The molecule has 2 N–H and O–H groups in total. The van der Waals surface area contributed by atoms with E-state index in [1.165, 1.54) is 6.07 Å². The Morgan fingerprint density at radius 3 is 2.71 bits per heavy atom. The number of nitrogens with zero attached hydrogens (tertiary/aromatic N) is 1.